The molecule has 0 aliphatic heterocycles. The van der Waals surface area contributed by atoms with Crippen LogP contribution in [0.15, 0.2) is 0 Å². The van der Waals surface area contributed by atoms with E-state index in [-0.39, 0.29) is 12.6 Å². The van der Waals surface area contributed by atoms with Gasteiger partial charge in [0.05, 0.1) is 18.7 Å². The lowest BCUT2D eigenvalue weighted by atomic mass is 9.93. The van der Waals surface area contributed by atoms with Crippen molar-refractivity contribution in [3.05, 3.63) is 0 Å². The molecule has 1 saturated carbocycles. The zero-order valence-corrected chi connectivity index (χ0v) is 8.71. The van der Waals surface area contributed by atoms with Gasteiger partial charge in [-0.05, 0) is 18.8 Å². The Kier molecular flexibility index (Phi) is 5.58. The second kappa shape index (κ2) is 6.80. The van der Waals surface area contributed by atoms with Gasteiger partial charge in [0.1, 0.15) is 0 Å². The van der Waals surface area contributed by atoms with Gasteiger partial charge in [-0.15, -0.1) is 0 Å². The highest BCUT2D eigenvalue weighted by atomic mass is 16.3. The maximum atomic E-state index is 9.00. The Labute approximate surface area is 86.1 Å². The second-order valence-electron chi connectivity index (χ2n) is 4.04. The van der Waals surface area contributed by atoms with E-state index in [0.29, 0.717) is 12.5 Å². The highest BCUT2D eigenvalue weighted by molar-refractivity contribution is 4.95. The van der Waals surface area contributed by atoms with Gasteiger partial charge in [0.25, 0.3) is 0 Å². The summed E-state index contributed by atoms with van der Waals surface area (Å²) in [5.74, 6) is 0.494. The van der Waals surface area contributed by atoms with E-state index in [9.17, 15) is 0 Å². The van der Waals surface area contributed by atoms with Crippen LogP contribution in [0.2, 0.25) is 0 Å². The Bertz CT molecular complexity index is 180. The zero-order valence-electron chi connectivity index (χ0n) is 8.71. The van der Waals surface area contributed by atoms with Crippen LogP contribution >= 0.6 is 0 Å². The summed E-state index contributed by atoms with van der Waals surface area (Å²) < 4.78 is 0. The second-order valence-corrected chi connectivity index (χ2v) is 4.04. The molecular weight excluding hydrogens is 176 g/mol. The predicted molar refractivity (Wildman–Crippen MR) is 55.7 cm³/mol. The van der Waals surface area contributed by atoms with Crippen LogP contribution in [0.3, 0.4) is 0 Å². The molecular formula is C11H20N2O. The molecule has 80 valence electrons. The number of nitriles is 1. The lowest BCUT2D eigenvalue weighted by molar-refractivity contribution is 0.274. The number of hydrogen-bond donors (Lipinski definition) is 2. The highest BCUT2D eigenvalue weighted by Gasteiger charge is 2.21. The van der Waals surface area contributed by atoms with Crippen molar-refractivity contribution in [3.8, 4) is 6.07 Å². The van der Waals surface area contributed by atoms with Crippen molar-refractivity contribution < 1.29 is 5.11 Å². The van der Waals surface area contributed by atoms with Crippen LogP contribution < -0.4 is 5.32 Å². The first kappa shape index (κ1) is 11.5. The van der Waals surface area contributed by atoms with Crippen molar-refractivity contribution in [2.24, 2.45) is 5.92 Å². The molecule has 3 heteroatoms. The molecule has 0 heterocycles. The third-order valence-electron chi connectivity index (χ3n) is 2.99. The standard InChI is InChI=1S/C11H20N2O/c12-9-11(13-7-8-14)10-5-3-1-2-4-6-10/h10-11,13-14H,1-8H2. The fourth-order valence-corrected chi connectivity index (χ4v) is 2.18. The Morgan fingerprint density at radius 1 is 1.29 bits per heavy atom. The number of aliphatic hydroxyl groups is 1. The molecule has 0 amide bonds. The minimum absolute atomic E-state index is 0.0553. The number of nitrogens with zero attached hydrogens (tertiary/aromatic N) is 1. The van der Waals surface area contributed by atoms with E-state index in [1.807, 2.05) is 0 Å². The lowest BCUT2D eigenvalue weighted by Crippen LogP contribution is -2.36. The van der Waals surface area contributed by atoms with E-state index in [0.717, 1.165) is 12.8 Å². The monoisotopic (exact) mass is 196 g/mol. The minimum Gasteiger partial charge on any atom is -0.395 e. The SMILES string of the molecule is N#CC(NCCO)C1CCCCCC1. The van der Waals surface area contributed by atoms with Gasteiger partial charge in [0.15, 0.2) is 0 Å². The Balaban J connectivity index is 2.37. The van der Waals surface area contributed by atoms with Crippen LogP contribution in [-0.4, -0.2) is 24.3 Å². The smallest absolute Gasteiger partial charge is 0.0982 e. The first-order valence-electron chi connectivity index (χ1n) is 5.62. The molecule has 1 unspecified atom stereocenters. The molecule has 14 heavy (non-hydrogen) atoms. The van der Waals surface area contributed by atoms with Gasteiger partial charge in [-0.25, -0.2) is 0 Å². The average Bonchev–Trinajstić information content (AvgIpc) is 2.48. The summed E-state index contributed by atoms with van der Waals surface area (Å²) in [6, 6.07) is 2.26. The van der Waals surface area contributed by atoms with E-state index < -0.39 is 0 Å². The summed E-state index contributed by atoms with van der Waals surface area (Å²) in [6.07, 6.45) is 7.46. The van der Waals surface area contributed by atoms with Gasteiger partial charge in [-0.2, -0.15) is 5.26 Å². The molecule has 1 rings (SSSR count). The van der Waals surface area contributed by atoms with Crippen LogP contribution in [-0.2, 0) is 0 Å². The molecule has 3 nitrogen and oxygen atoms in total. The van der Waals surface area contributed by atoms with E-state index in [1.54, 1.807) is 0 Å². The van der Waals surface area contributed by atoms with Crippen LogP contribution in [0.5, 0.6) is 0 Å². The number of nitrogens with one attached hydrogen (secondary N) is 1. The highest BCUT2D eigenvalue weighted by Crippen LogP contribution is 2.25. The topological polar surface area (TPSA) is 56.0 Å². The molecule has 2 N–H and O–H groups in total. The van der Waals surface area contributed by atoms with Crippen LogP contribution in [0.1, 0.15) is 38.5 Å². The summed E-state index contributed by atoms with van der Waals surface area (Å²) in [7, 11) is 0. The van der Waals surface area contributed by atoms with Crippen molar-refractivity contribution in [3.63, 3.8) is 0 Å². The van der Waals surface area contributed by atoms with Gasteiger partial charge in [0.2, 0.25) is 0 Å². The molecule has 1 atom stereocenters. The fraction of sp³-hybridized carbons (Fsp3) is 0.909. The van der Waals surface area contributed by atoms with Crippen LogP contribution in [0.25, 0.3) is 0 Å². The average molecular weight is 196 g/mol. The molecule has 1 fully saturated rings. The molecule has 1 aliphatic carbocycles. The predicted octanol–water partition coefficient (Wildman–Crippen LogP) is 1.43. The maximum Gasteiger partial charge on any atom is 0.0982 e. The van der Waals surface area contributed by atoms with Crippen molar-refractivity contribution in [2.45, 2.75) is 44.6 Å². The van der Waals surface area contributed by atoms with E-state index >= 15 is 0 Å². The third kappa shape index (κ3) is 3.65. The van der Waals surface area contributed by atoms with Crippen LogP contribution in [0.4, 0.5) is 0 Å². The van der Waals surface area contributed by atoms with E-state index in [1.165, 1.54) is 25.7 Å². The van der Waals surface area contributed by atoms with E-state index in [4.69, 9.17) is 10.4 Å². The number of rotatable bonds is 4. The largest absolute Gasteiger partial charge is 0.395 e. The number of aliphatic hydroxyl groups excluding tert-OH is 1. The van der Waals surface area contributed by atoms with Crippen molar-refractivity contribution in [1.29, 1.82) is 5.26 Å². The number of hydrogen-bond acceptors (Lipinski definition) is 3. The molecule has 0 saturated heterocycles. The van der Waals surface area contributed by atoms with Crippen molar-refractivity contribution in [2.75, 3.05) is 13.2 Å². The lowest BCUT2D eigenvalue weighted by Gasteiger charge is -2.20. The summed E-state index contributed by atoms with van der Waals surface area (Å²) in [4.78, 5) is 0. The minimum atomic E-state index is -0.0553. The molecule has 0 radical (unpaired) electrons. The third-order valence-corrected chi connectivity index (χ3v) is 2.99. The van der Waals surface area contributed by atoms with Gasteiger partial charge in [-0.1, -0.05) is 25.7 Å². The van der Waals surface area contributed by atoms with Gasteiger partial charge >= 0.3 is 0 Å². The Morgan fingerprint density at radius 3 is 2.43 bits per heavy atom. The molecule has 0 aromatic carbocycles. The van der Waals surface area contributed by atoms with Gasteiger partial charge < -0.3 is 5.11 Å². The molecule has 0 aromatic heterocycles. The Morgan fingerprint density at radius 2 is 1.93 bits per heavy atom. The molecule has 1 aliphatic rings. The maximum absolute atomic E-state index is 9.00. The summed E-state index contributed by atoms with van der Waals surface area (Å²) >= 11 is 0. The first-order valence-corrected chi connectivity index (χ1v) is 5.62. The van der Waals surface area contributed by atoms with E-state index in [2.05, 4.69) is 11.4 Å². The van der Waals surface area contributed by atoms with Crippen LogP contribution in [0, 0.1) is 17.2 Å². The molecule has 0 bridgehead atoms. The normalized spacial score (nSPS) is 21.1. The first-order chi connectivity index (χ1) is 6.88. The van der Waals surface area contributed by atoms with Gasteiger partial charge in [-0.3, -0.25) is 5.32 Å². The van der Waals surface area contributed by atoms with Crippen molar-refractivity contribution >= 4 is 0 Å². The Hall–Kier alpha value is -0.590. The quantitative estimate of drug-likeness (QED) is 0.669. The summed E-state index contributed by atoms with van der Waals surface area (Å²) in [5.41, 5.74) is 0. The summed E-state index contributed by atoms with van der Waals surface area (Å²) in [6.45, 7) is 0.652. The summed E-state index contributed by atoms with van der Waals surface area (Å²) in [5, 5.41) is 20.8. The molecule has 0 aromatic rings. The van der Waals surface area contributed by atoms with Crippen molar-refractivity contribution in [1.82, 2.24) is 5.32 Å². The van der Waals surface area contributed by atoms with Gasteiger partial charge in [0, 0.05) is 6.54 Å². The molecule has 0 spiro atoms. The fourth-order valence-electron chi connectivity index (χ4n) is 2.18. The zero-order chi connectivity index (χ0) is 10.2.